The molecular formula is C11H9ClN4O. The third kappa shape index (κ3) is 1.43. The quantitative estimate of drug-likeness (QED) is 0.710. The first-order valence-electron chi connectivity index (χ1n) is 5.11. The van der Waals surface area contributed by atoms with Gasteiger partial charge in [-0.15, -0.1) is 0 Å². The highest BCUT2D eigenvalue weighted by atomic mass is 35.5. The van der Waals surface area contributed by atoms with Crippen LogP contribution in [0, 0.1) is 0 Å². The van der Waals surface area contributed by atoms with Gasteiger partial charge in [-0.1, -0.05) is 11.6 Å². The van der Waals surface area contributed by atoms with Gasteiger partial charge in [0.05, 0.1) is 17.9 Å². The summed E-state index contributed by atoms with van der Waals surface area (Å²) in [6.07, 6.45) is 3.22. The molecule has 1 amide bonds. The molecule has 86 valence electrons. The molecule has 0 atom stereocenters. The lowest BCUT2D eigenvalue weighted by Gasteiger charge is -2.12. The molecule has 0 unspecified atom stereocenters. The zero-order valence-electron chi connectivity index (χ0n) is 9.09. The predicted molar refractivity (Wildman–Crippen MR) is 62.2 cm³/mol. The molecular weight excluding hydrogens is 240 g/mol. The Kier molecular flexibility index (Phi) is 2.16. The van der Waals surface area contributed by atoms with Gasteiger partial charge >= 0.3 is 0 Å². The summed E-state index contributed by atoms with van der Waals surface area (Å²) in [7, 11) is 1.72. The first-order chi connectivity index (χ1) is 8.18. The predicted octanol–water partition coefficient (Wildman–Crippen LogP) is 1.51. The Hall–Kier alpha value is -1.88. The summed E-state index contributed by atoms with van der Waals surface area (Å²) in [6.45, 7) is 0.425. The Morgan fingerprint density at radius 1 is 1.41 bits per heavy atom. The van der Waals surface area contributed by atoms with E-state index >= 15 is 0 Å². The standard InChI is InChI=1S/C11H9ClN4O/c1-15-5-8-10(12)14-6-16(8)7-3-2-4-13-9(7)11(15)17/h2-4,6H,5H2,1H3. The number of imidazole rings is 1. The van der Waals surface area contributed by atoms with Crippen molar-refractivity contribution in [2.24, 2.45) is 0 Å². The smallest absolute Gasteiger partial charge is 0.274 e. The molecule has 6 heteroatoms. The second-order valence-corrected chi connectivity index (χ2v) is 4.24. The maximum atomic E-state index is 12.1. The van der Waals surface area contributed by atoms with E-state index in [1.807, 2.05) is 10.6 Å². The third-order valence-corrected chi connectivity index (χ3v) is 3.11. The topological polar surface area (TPSA) is 51.0 Å². The minimum Gasteiger partial charge on any atom is -0.334 e. The zero-order valence-corrected chi connectivity index (χ0v) is 9.85. The summed E-state index contributed by atoms with van der Waals surface area (Å²) in [5.41, 5.74) is 1.94. The lowest BCUT2D eigenvalue weighted by molar-refractivity contribution is 0.0782. The van der Waals surface area contributed by atoms with Crippen LogP contribution in [0.15, 0.2) is 24.7 Å². The molecule has 0 aromatic carbocycles. The van der Waals surface area contributed by atoms with Crippen LogP contribution in [-0.4, -0.2) is 32.4 Å². The number of carbonyl (C=O) groups excluding carboxylic acids is 1. The van der Waals surface area contributed by atoms with E-state index in [2.05, 4.69) is 9.97 Å². The Labute approximate surface area is 103 Å². The SMILES string of the molecule is CN1Cc2c(Cl)ncn2-c2cccnc2C1=O. The average molecular weight is 249 g/mol. The molecule has 17 heavy (non-hydrogen) atoms. The maximum Gasteiger partial charge on any atom is 0.274 e. The van der Waals surface area contributed by atoms with Crippen molar-refractivity contribution in [3.63, 3.8) is 0 Å². The highest BCUT2D eigenvalue weighted by molar-refractivity contribution is 6.30. The second-order valence-electron chi connectivity index (χ2n) is 3.88. The van der Waals surface area contributed by atoms with Gasteiger partial charge in [-0.2, -0.15) is 0 Å². The van der Waals surface area contributed by atoms with Crippen LogP contribution in [0.3, 0.4) is 0 Å². The lowest BCUT2D eigenvalue weighted by atomic mass is 10.3. The van der Waals surface area contributed by atoms with Crippen LogP contribution < -0.4 is 0 Å². The fourth-order valence-electron chi connectivity index (χ4n) is 1.93. The lowest BCUT2D eigenvalue weighted by Crippen LogP contribution is -2.25. The number of hydrogen-bond donors (Lipinski definition) is 0. The number of nitrogens with zero attached hydrogens (tertiary/aromatic N) is 4. The van der Waals surface area contributed by atoms with Crippen molar-refractivity contribution in [3.05, 3.63) is 41.2 Å². The third-order valence-electron chi connectivity index (χ3n) is 2.80. The molecule has 0 radical (unpaired) electrons. The molecule has 0 saturated heterocycles. The monoisotopic (exact) mass is 248 g/mol. The van der Waals surface area contributed by atoms with Crippen molar-refractivity contribution in [2.45, 2.75) is 6.54 Å². The number of rotatable bonds is 0. The molecule has 2 aromatic heterocycles. The van der Waals surface area contributed by atoms with Crippen molar-refractivity contribution in [3.8, 4) is 5.69 Å². The minimum absolute atomic E-state index is 0.111. The number of amides is 1. The van der Waals surface area contributed by atoms with Gasteiger partial charge in [0, 0.05) is 13.2 Å². The molecule has 0 bridgehead atoms. The van der Waals surface area contributed by atoms with E-state index in [-0.39, 0.29) is 5.91 Å². The van der Waals surface area contributed by atoms with Crippen molar-refractivity contribution in [1.29, 1.82) is 0 Å². The summed E-state index contributed by atoms with van der Waals surface area (Å²) in [5, 5.41) is 0.418. The summed E-state index contributed by atoms with van der Waals surface area (Å²) in [6, 6.07) is 3.62. The van der Waals surface area contributed by atoms with Crippen molar-refractivity contribution >= 4 is 17.5 Å². The van der Waals surface area contributed by atoms with E-state index in [1.54, 1.807) is 30.5 Å². The average Bonchev–Trinajstić information content (AvgIpc) is 2.65. The molecule has 0 spiro atoms. The van der Waals surface area contributed by atoms with E-state index in [0.717, 1.165) is 11.4 Å². The molecule has 0 fully saturated rings. The molecule has 0 saturated carbocycles. The molecule has 3 heterocycles. The van der Waals surface area contributed by atoms with Crippen LogP contribution in [0.1, 0.15) is 16.2 Å². The van der Waals surface area contributed by atoms with Crippen LogP contribution in [0.4, 0.5) is 0 Å². The Balaban J connectivity index is 2.33. The fourth-order valence-corrected chi connectivity index (χ4v) is 2.13. The number of halogens is 1. The van der Waals surface area contributed by atoms with Crippen LogP contribution in [0.5, 0.6) is 0 Å². The molecule has 1 aliphatic rings. The molecule has 0 aliphatic carbocycles. The highest BCUT2D eigenvalue weighted by Crippen LogP contribution is 2.25. The number of hydrogen-bond acceptors (Lipinski definition) is 3. The molecule has 3 rings (SSSR count). The first kappa shape index (κ1) is 10.3. The fraction of sp³-hybridized carbons (Fsp3) is 0.182. The Bertz CT molecular complexity index is 607. The van der Waals surface area contributed by atoms with Crippen molar-refractivity contribution in [1.82, 2.24) is 19.4 Å². The molecule has 5 nitrogen and oxygen atoms in total. The van der Waals surface area contributed by atoms with Gasteiger partial charge in [-0.3, -0.25) is 9.36 Å². The van der Waals surface area contributed by atoms with Gasteiger partial charge in [0.2, 0.25) is 0 Å². The zero-order chi connectivity index (χ0) is 12.0. The summed E-state index contributed by atoms with van der Waals surface area (Å²) in [4.78, 5) is 21.9. The number of fused-ring (bicyclic) bond motifs is 3. The Morgan fingerprint density at radius 3 is 3.06 bits per heavy atom. The van der Waals surface area contributed by atoms with Crippen LogP contribution in [0.25, 0.3) is 5.69 Å². The molecule has 1 aliphatic heterocycles. The van der Waals surface area contributed by atoms with E-state index in [0.29, 0.717) is 17.4 Å². The largest absolute Gasteiger partial charge is 0.334 e. The highest BCUT2D eigenvalue weighted by Gasteiger charge is 2.26. The van der Waals surface area contributed by atoms with Gasteiger partial charge in [0.25, 0.3) is 5.91 Å². The molecule has 2 aromatic rings. The summed E-state index contributed by atoms with van der Waals surface area (Å²) < 4.78 is 1.81. The van der Waals surface area contributed by atoms with Gasteiger partial charge in [0.1, 0.15) is 6.33 Å². The first-order valence-corrected chi connectivity index (χ1v) is 5.49. The van der Waals surface area contributed by atoms with Crippen LogP contribution >= 0.6 is 11.6 Å². The van der Waals surface area contributed by atoms with Gasteiger partial charge in [-0.05, 0) is 12.1 Å². The molecule has 0 N–H and O–H groups in total. The van der Waals surface area contributed by atoms with Crippen LogP contribution in [-0.2, 0) is 6.54 Å². The Morgan fingerprint density at radius 2 is 2.24 bits per heavy atom. The number of pyridine rings is 1. The summed E-state index contributed by atoms with van der Waals surface area (Å²) >= 11 is 6.02. The van der Waals surface area contributed by atoms with E-state index in [4.69, 9.17) is 11.6 Å². The maximum absolute atomic E-state index is 12.1. The number of aromatic nitrogens is 3. The second kappa shape index (κ2) is 3.56. The van der Waals surface area contributed by atoms with Crippen molar-refractivity contribution < 1.29 is 4.79 Å². The number of carbonyl (C=O) groups is 1. The van der Waals surface area contributed by atoms with Gasteiger partial charge in [-0.25, -0.2) is 9.97 Å². The summed E-state index contributed by atoms with van der Waals surface area (Å²) in [5.74, 6) is -0.111. The van der Waals surface area contributed by atoms with E-state index in [9.17, 15) is 4.79 Å². The van der Waals surface area contributed by atoms with Crippen LogP contribution in [0.2, 0.25) is 5.15 Å². The normalized spacial score (nSPS) is 14.2. The van der Waals surface area contributed by atoms with E-state index < -0.39 is 0 Å². The van der Waals surface area contributed by atoms with Gasteiger partial charge in [0.15, 0.2) is 10.8 Å². The van der Waals surface area contributed by atoms with Crippen molar-refractivity contribution in [2.75, 3.05) is 7.05 Å². The van der Waals surface area contributed by atoms with Gasteiger partial charge < -0.3 is 4.90 Å². The van der Waals surface area contributed by atoms with E-state index in [1.165, 1.54) is 0 Å². The minimum atomic E-state index is -0.111.